The van der Waals surface area contributed by atoms with E-state index in [0.717, 1.165) is 6.42 Å². The molecule has 8 nitrogen and oxygen atoms in total. The number of benzene rings is 1. The van der Waals surface area contributed by atoms with Gasteiger partial charge in [-0.15, -0.1) is 0 Å². The number of methoxy groups -OCH3 is 5. The van der Waals surface area contributed by atoms with E-state index in [1.165, 1.54) is 35.5 Å². The van der Waals surface area contributed by atoms with Gasteiger partial charge in [0.25, 0.3) is 0 Å². The highest BCUT2D eigenvalue weighted by atomic mass is 16.5. The van der Waals surface area contributed by atoms with Crippen LogP contribution in [0.2, 0.25) is 0 Å². The lowest BCUT2D eigenvalue weighted by Crippen LogP contribution is -2.32. The van der Waals surface area contributed by atoms with Crippen LogP contribution in [0, 0.1) is 11.3 Å². The average Bonchev–Trinajstić information content (AvgIpc) is 3.12. The molecule has 0 radical (unpaired) electrons. The molecule has 8 heteroatoms. The van der Waals surface area contributed by atoms with Crippen LogP contribution in [0.1, 0.15) is 78.7 Å². The second-order valence-corrected chi connectivity index (χ2v) is 8.62. The lowest BCUT2D eigenvalue weighted by Gasteiger charge is -2.37. The van der Waals surface area contributed by atoms with Crippen molar-refractivity contribution in [2.75, 3.05) is 35.5 Å². The summed E-state index contributed by atoms with van der Waals surface area (Å²) in [5.74, 6) is -1.22. The quantitative estimate of drug-likeness (QED) is 0.517. The topological polar surface area (TPSA) is 97.4 Å². The fourth-order valence-corrected chi connectivity index (χ4v) is 4.80. The lowest BCUT2D eigenvalue weighted by molar-refractivity contribution is -0.126. The molecule has 1 fully saturated rings. The van der Waals surface area contributed by atoms with Crippen molar-refractivity contribution in [1.82, 2.24) is 0 Å². The summed E-state index contributed by atoms with van der Waals surface area (Å²) < 4.78 is 26.9. The number of hydrogen-bond donors (Lipinski definition) is 0. The molecule has 0 spiro atoms. The van der Waals surface area contributed by atoms with Gasteiger partial charge in [0.05, 0.1) is 35.5 Å². The number of carbonyl (C=O) groups is 3. The molecule has 0 aromatic heterocycles. The summed E-state index contributed by atoms with van der Waals surface area (Å²) in [6.45, 7) is 6.05. The zero-order valence-corrected chi connectivity index (χ0v) is 20.2. The summed E-state index contributed by atoms with van der Waals surface area (Å²) in [5, 5.41) is 0. The molecule has 0 aliphatic heterocycles. The van der Waals surface area contributed by atoms with E-state index in [9.17, 15) is 14.4 Å². The van der Waals surface area contributed by atoms with Crippen molar-refractivity contribution in [3.05, 3.63) is 16.7 Å². The highest BCUT2D eigenvalue weighted by Gasteiger charge is 2.49. The monoisotopic (exact) mass is 450 g/mol. The zero-order chi connectivity index (χ0) is 24.2. The first-order valence-electron chi connectivity index (χ1n) is 10.7. The number of ether oxygens (including phenoxy) is 5. The van der Waals surface area contributed by atoms with Gasteiger partial charge in [-0.2, -0.15) is 0 Å². The predicted molar refractivity (Wildman–Crippen MR) is 118 cm³/mol. The highest BCUT2D eigenvalue weighted by molar-refractivity contribution is 6.05. The third-order valence-corrected chi connectivity index (χ3v) is 6.35. The fourth-order valence-electron chi connectivity index (χ4n) is 4.80. The van der Waals surface area contributed by atoms with Gasteiger partial charge in [-0.3, -0.25) is 4.79 Å². The summed E-state index contributed by atoms with van der Waals surface area (Å²) in [6.07, 6.45) is 2.56. The molecule has 178 valence electrons. The van der Waals surface area contributed by atoms with E-state index in [1.54, 1.807) is 0 Å². The largest absolute Gasteiger partial charge is 0.495 e. The van der Waals surface area contributed by atoms with E-state index in [2.05, 4.69) is 13.8 Å². The van der Waals surface area contributed by atoms with Crippen LogP contribution in [0.3, 0.4) is 0 Å². The molecule has 0 N–H and O–H groups in total. The molecule has 2 rings (SSSR count). The van der Waals surface area contributed by atoms with Crippen molar-refractivity contribution < 1.29 is 38.1 Å². The van der Waals surface area contributed by atoms with Gasteiger partial charge in [0.2, 0.25) is 0 Å². The van der Waals surface area contributed by atoms with Crippen LogP contribution in [-0.2, 0) is 14.3 Å². The number of carbonyl (C=O) groups excluding carboxylic acids is 3. The predicted octanol–water partition coefficient (Wildman–Crippen LogP) is 4.17. The molecule has 0 bridgehead atoms. The first-order valence-corrected chi connectivity index (χ1v) is 10.7. The van der Waals surface area contributed by atoms with Gasteiger partial charge in [-0.1, -0.05) is 20.8 Å². The van der Waals surface area contributed by atoms with Crippen molar-refractivity contribution in [1.29, 1.82) is 0 Å². The van der Waals surface area contributed by atoms with Gasteiger partial charge in [0, 0.05) is 23.3 Å². The fraction of sp³-hybridized carbons (Fsp3) is 0.625. The normalized spacial score (nSPS) is 19.0. The molecule has 1 aromatic carbocycles. The van der Waals surface area contributed by atoms with E-state index < -0.39 is 17.4 Å². The minimum atomic E-state index is -0.737. The van der Waals surface area contributed by atoms with E-state index in [4.69, 9.17) is 23.7 Å². The summed E-state index contributed by atoms with van der Waals surface area (Å²) >= 11 is 0. The van der Waals surface area contributed by atoms with Gasteiger partial charge in [0.15, 0.2) is 5.75 Å². The van der Waals surface area contributed by atoms with Crippen LogP contribution in [-0.4, -0.2) is 53.3 Å². The zero-order valence-electron chi connectivity index (χ0n) is 20.2. The Kier molecular flexibility index (Phi) is 8.15. The first-order chi connectivity index (χ1) is 15.1. The molecule has 0 heterocycles. The van der Waals surface area contributed by atoms with Crippen LogP contribution in [0.25, 0.3) is 0 Å². The average molecular weight is 451 g/mol. The second kappa shape index (κ2) is 10.2. The molecule has 1 aliphatic carbocycles. The van der Waals surface area contributed by atoms with Gasteiger partial charge in [-0.25, -0.2) is 9.59 Å². The number of rotatable bonds is 9. The third kappa shape index (κ3) is 4.27. The number of ketones is 1. The molecule has 2 unspecified atom stereocenters. The lowest BCUT2D eigenvalue weighted by atomic mass is 9.67. The molecule has 1 saturated carbocycles. The summed E-state index contributed by atoms with van der Waals surface area (Å²) in [6, 6.07) is 0. The molecular weight excluding hydrogens is 416 g/mol. The molecule has 0 amide bonds. The van der Waals surface area contributed by atoms with Crippen LogP contribution in [0.5, 0.6) is 17.2 Å². The Morgan fingerprint density at radius 2 is 1.34 bits per heavy atom. The Bertz CT molecular complexity index is 843. The van der Waals surface area contributed by atoms with Gasteiger partial charge in [0.1, 0.15) is 28.4 Å². The van der Waals surface area contributed by atoms with Gasteiger partial charge in [-0.05, 0) is 25.2 Å². The molecule has 1 aromatic rings. The van der Waals surface area contributed by atoms with E-state index in [0.29, 0.717) is 24.8 Å². The maximum absolute atomic E-state index is 13.1. The van der Waals surface area contributed by atoms with Gasteiger partial charge >= 0.3 is 11.9 Å². The Balaban J connectivity index is 3.08. The van der Waals surface area contributed by atoms with Crippen molar-refractivity contribution in [3.63, 3.8) is 0 Å². The van der Waals surface area contributed by atoms with Crippen molar-refractivity contribution in [2.45, 2.75) is 52.4 Å². The number of Topliss-reactive ketones (excluding diaryl/α,β-unsaturated/α-hetero) is 1. The molecule has 0 saturated heterocycles. The van der Waals surface area contributed by atoms with Crippen LogP contribution < -0.4 is 14.2 Å². The number of hydrogen-bond acceptors (Lipinski definition) is 8. The summed E-state index contributed by atoms with van der Waals surface area (Å²) in [7, 11) is 6.65. The number of esters is 2. The third-order valence-electron chi connectivity index (χ3n) is 6.35. The Labute approximate surface area is 189 Å². The summed E-state index contributed by atoms with van der Waals surface area (Å²) in [4.78, 5) is 38.8. The van der Waals surface area contributed by atoms with Crippen LogP contribution in [0.4, 0.5) is 0 Å². The Hall–Kier alpha value is -2.77. The molecular formula is C24H34O8. The van der Waals surface area contributed by atoms with Gasteiger partial charge < -0.3 is 23.7 Å². The SMILES string of the molecule is COC(=O)c1c(OC)c(C(=O)OC)c(OC)c(C(CC(C)C)C2(C)CCCC2=O)c1OC. The highest BCUT2D eigenvalue weighted by Crippen LogP contribution is 2.56. The standard InChI is InChI=1S/C24H34O8/c1-13(2)12-14(24(3)11-9-10-15(24)25)16-19(28-4)17(22(26)31-7)21(30-6)18(20(16)29-5)23(27)32-8/h13-14H,9-12H2,1-8H3. The molecule has 2 atom stereocenters. The maximum atomic E-state index is 13.1. The minimum absolute atomic E-state index is 0.0449. The van der Waals surface area contributed by atoms with Crippen molar-refractivity contribution in [3.8, 4) is 17.2 Å². The first kappa shape index (κ1) is 25.5. The van der Waals surface area contributed by atoms with E-state index in [1.807, 2.05) is 6.92 Å². The minimum Gasteiger partial charge on any atom is -0.495 e. The molecule has 1 aliphatic rings. The Morgan fingerprint density at radius 1 is 0.875 bits per heavy atom. The second-order valence-electron chi connectivity index (χ2n) is 8.62. The molecule has 32 heavy (non-hydrogen) atoms. The Morgan fingerprint density at radius 3 is 1.66 bits per heavy atom. The maximum Gasteiger partial charge on any atom is 0.345 e. The van der Waals surface area contributed by atoms with Crippen LogP contribution >= 0.6 is 0 Å². The van der Waals surface area contributed by atoms with Crippen LogP contribution in [0.15, 0.2) is 0 Å². The summed E-state index contributed by atoms with van der Waals surface area (Å²) in [5.41, 5.74) is -0.323. The van der Waals surface area contributed by atoms with Crippen molar-refractivity contribution >= 4 is 17.7 Å². The van der Waals surface area contributed by atoms with Crippen molar-refractivity contribution in [2.24, 2.45) is 11.3 Å². The smallest absolute Gasteiger partial charge is 0.345 e. The van der Waals surface area contributed by atoms with E-state index >= 15 is 0 Å². The van der Waals surface area contributed by atoms with E-state index in [-0.39, 0.29) is 46.0 Å².